The van der Waals surface area contributed by atoms with Gasteiger partial charge in [0.25, 0.3) is 0 Å². The van der Waals surface area contributed by atoms with E-state index in [2.05, 4.69) is 25.6 Å². The van der Waals surface area contributed by atoms with Crippen LogP contribution in [0.1, 0.15) is 60.5 Å². The van der Waals surface area contributed by atoms with Crippen LogP contribution >= 0.6 is 23.2 Å². The largest absolute Gasteiger partial charge is 0.481 e. The highest BCUT2D eigenvalue weighted by atomic mass is 35.5. The Bertz CT molecular complexity index is 2760. The van der Waals surface area contributed by atoms with Crippen molar-refractivity contribution in [2.75, 3.05) is 39.8 Å². The predicted octanol–water partition coefficient (Wildman–Crippen LogP) is 6.19. The van der Waals surface area contributed by atoms with E-state index in [-0.39, 0.29) is 29.1 Å². The van der Waals surface area contributed by atoms with Crippen LogP contribution in [0.15, 0.2) is 59.1 Å². The highest BCUT2D eigenvalue weighted by Gasteiger charge is 2.39. The van der Waals surface area contributed by atoms with Gasteiger partial charge in [-0.3, -0.25) is 19.8 Å². The van der Waals surface area contributed by atoms with E-state index in [1.54, 1.807) is 23.9 Å². The van der Waals surface area contributed by atoms with Gasteiger partial charge in [0.2, 0.25) is 27.7 Å². The lowest BCUT2D eigenvalue weighted by molar-refractivity contribution is -0.122. The molecule has 0 bridgehead atoms. The van der Waals surface area contributed by atoms with E-state index in [1.807, 2.05) is 42.5 Å². The number of methoxy groups -OCH3 is 1. The molecule has 4 aliphatic rings. The summed E-state index contributed by atoms with van der Waals surface area (Å²) >= 11 is 14.0. The van der Waals surface area contributed by atoms with E-state index in [1.165, 1.54) is 0 Å². The molecule has 1 amide bonds. The van der Waals surface area contributed by atoms with Crippen molar-refractivity contribution in [3.63, 3.8) is 0 Å². The molecule has 318 valence electrons. The average Bonchev–Trinajstić information content (AvgIpc) is 3.52. The monoisotopic (exact) mass is 885 g/mol. The molecule has 0 spiro atoms. The van der Waals surface area contributed by atoms with Gasteiger partial charge in [-0.25, -0.2) is 8.42 Å². The van der Waals surface area contributed by atoms with E-state index < -0.39 is 27.1 Å². The Kier molecular flexibility index (Phi) is 11.4. The molecule has 0 radical (unpaired) electrons. The Morgan fingerprint density at radius 3 is 2.54 bits per heavy atom. The van der Waals surface area contributed by atoms with E-state index in [0.717, 1.165) is 47.2 Å². The summed E-state index contributed by atoms with van der Waals surface area (Å²) in [5.41, 5.74) is 6.03. The van der Waals surface area contributed by atoms with Gasteiger partial charge in [-0.1, -0.05) is 53.5 Å². The van der Waals surface area contributed by atoms with Gasteiger partial charge >= 0.3 is 0 Å². The van der Waals surface area contributed by atoms with Gasteiger partial charge in [-0.05, 0) is 80.0 Å². The summed E-state index contributed by atoms with van der Waals surface area (Å²) in [5.74, 6) is 0.253. The third-order valence-electron chi connectivity index (χ3n) is 12.3. The smallest absolute Gasteiger partial charge is 0.237 e. The van der Waals surface area contributed by atoms with Crippen molar-refractivity contribution in [1.29, 1.82) is 10.7 Å². The topological polar surface area (TPSA) is 187 Å². The number of likely N-dealkylation sites (tertiary alicyclic amines) is 2. The second kappa shape index (κ2) is 16.7. The van der Waals surface area contributed by atoms with Crippen molar-refractivity contribution in [3.05, 3.63) is 92.5 Å². The second-order valence-electron chi connectivity index (χ2n) is 16.4. The lowest BCUT2D eigenvalue weighted by Crippen LogP contribution is -2.39. The zero-order valence-electron chi connectivity index (χ0n) is 33.5. The number of furan rings is 1. The summed E-state index contributed by atoms with van der Waals surface area (Å²) < 4.78 is 47.0. The number of carbonyl (C=O) groups is 1. The van der Waals surface area contributed by atoms with Crippen molar-refractivity contribution in [2.45, 2.75) is 69.1 Å². The molecule has 3 aromatic heterocycles. The predicted molar refractivity (Wildman–Crippen MR) is 229 cm³/mol. The van der Waals surface area contributed by atoms with E-state index in [0.29, 0.717) is 103 Å². The lowest BCUT2D eigenvalue weighted by Gasteiger charge is -2.20. The number of benzene rings is 2. The zero-order chi connectivity index (χ0) is 42.6. The maximum atomic E-state index is 12.7. The summed E-state index contributed by atoms with van der Waals surface area (Å²) in [7, 11) is -2.04. The average molecular weight is 887 g/mol. The van der Waals surface area contributed by atoms with Crippen LogP contribution in [0.3, 0.4) is 0 Å². The number of nitrogens with one attached hydrogen (secondary N) is 2. The van der Waals surface area contributed by atoms with Gasteiger partial charge in [0.1, 0.15) is 34.0 Å². The van der Waals surface area contributed by atoms with Gasteiger partial charge in [-0.2, -0.15) is 10.2 Å². The number of sulfonamides is 1. The summed E-state index contributed by atoms with van der Waals surface area (Å²) in [6, 6.07) is 17.6. The molecular formula is C44H45Cl2N7O7S. The maximum absolute atomic E-state index is 12.7. The summed E-state index contributed by atoms with van der Waals surface area (Å²) in [4.78, 5) is 21.6. The molecule has 3 atom stereocenters. The van der Waals surface area contributed by atoms with Gasteiger partial charge in [-0.15, -0.1) is 0 Å². The van der Waals surface area contributed by atoms with Crippen LogP contribution in [-0.2, 0) is 34.3 Å². The van der Waals surface area contributed by atoms with Crippen molar-refractivity contribution in [2.24, 2.45) is 5.92 Å². The third kappa shape index (κ3) is 8.25. The molecule has 9 rings (SSSR count). The maximum Gasteiger partial charge on any atom is 0.237 e. The minimum Gasteiger partial charge on any atom is -0.481 e. The number of nitrogens with zero attached hydrogens (tertiary/aromatic N) is 5. The minimum absolute atomic E-state index is 0.167. The van der Waals surface area contributed by atoms with Crippen LogP contribution in [0.25, 0.3) is 33.4 Å². The quantitative estimate of drug-likeness (QED) is 0.122. The number of aromatic nitrogens is 2. The Morgan fingerprint density at radius 2 is 1.79 bits per heavy atom. The number of amides is 1. The SMILES string of the molecule is COc1nc(O[C@H]2CCc3c(-c4cccc(-c5cc6c(=N)n(CCN7CC[C@@H](C(=O)NS(=O)(=O)C8CC8)C7)cc(C#N)c6o5)c4Cl)cccc32)c(Cl)cc1CN1CC[C@@H](O)C1. The van der Waals surface area contributed by atoms with Crippen molar-refractivity contribution in [1.82, 2.24) is 24.1 Å². The van der Waals surface area contributed by atoms with Gasteiger partial charge in [0.05, 0.1) is 34.8 Å². The first-order chi connectivity index (χ1) is 29.4. The highest BCUT2D eigenvalue weighted by molar-refractivity contribution is 7.90. The summed E-state index contributed by atoms with van der Waals surface area (Å²) in [5, 5.41) is 30.1. The molecule has 2 saturated heterocycles. The number of hydrogen-bond acceptors (Lipinski definition) is 12. The van der Waals surface area contributed by atoms with Gasteiger partial charge in [0.15, 0.2) is 5.58 Å². The Labute approximate surface area is 363 Å². The minimum atomic E-state index is -3.60. The van der Waals surface area contributed by atoms with E-state index >= 15 is 0 Å². The molecule has 17 heteroatoms. The van der Waals surface area contributed by atoms with Crippen LogP contribution in [0.4, 0.5) is 0 Å². The molecule has 2 aliphatic carbocycles. The number of fused-ring (bicyclic) bond motifs is 2. The number of halogens is 2. The first-order valence-electron chi connectivity index (χ1n) is 20.5. The van der Waals surface area contributed by atoms with Crippen LogP contribution in [0.5, 0.6) is 11.8 Å². The number of ether oxygens (including phenoxy) is 2. The number of β-amino-alcohol motifs (C(OH)–C–C–N with tert-alkyl or cyclic N) is 1. The molecular weight excluding hydrogens is 841 g/mol. The molecule has 5 aromatic rings. The zero-order valence-corrected chi connectivity index (χ0v) is 35.8. The lowest BCUT2D eigenvalue weighted by atomic mass is 9.95. The fourth-order valence-corrected chi connectivity index (χ4v) is 10.8. The first kappa shape index (κ1) is 41.4. The van der Waals surface area contributed by atoms with Crippen molar-refractivity contribution in [3.8, 4) is 40.3 Å². The number of aliphatic hydroxyl groups excluding tert-OH is 1. The molecule has 5 heterocycles. The first-order valence-corrected chi connectivity index (χ1v) is 22.8. The standard InChI is InChI=1S/C44H45Cl2N7O7S/c1-58-43-26(22-52-15-13-28(54)24-52)18-36(45)44(49-43)60-37-11-10-31-30(4-2-5-32(31)37)33-6-3-7-34(39(33)46)38-19-35-40(59-38)27(20-47)23-53(41(35)48)17-16-51-14-12-25(21-51)42(55)50-61(56,57)29-8-9-29/h2-7,18-19,23,25,28-29,37,48,54H,8-17,21-22,24H2,1H3,(H,50,55)/t25-,28-,37+/m1/s1. The summed E-state index contributed by atoms with van der Waals surface area (Å²) in [6.45, 7) is 3.85. The Morgan fingerprint density at radius 1 is 1.02 bits per heavy atom. The fraction of sp³-hybridized carbons (Fsp3) is 0.409. The molecule has 3 N–H and O–H groups in total. The highest BCUT2D eigenvalue weighted by Crippen LogP contribution is 2.45. The van der Waals surface area contributed by atoms with Gasteiger partial charge in [0, 0.05) is 62.2 Å². The fourth-order valence-electron chi connectivity index (χ4n) is 8.89. The van der Waals surface area contributed by atoms with E-state index in [9.17, 15) is 23.6 Å². The molecule has 61 heavy (non-hydrogen) atoms. The van der Waals surface area contributed by atoms with Crippen molar-refractivity contribution >= 4 is 50.1 Å². The van der Waals surface area contributed by atoms with Crippen LogP contribution < -0.4 is 19.7 Å². The molecule has 0 unspecified atom stereocenters. The number of aliphatic hydroxyl groups is 1. The summed E-state index contributed by atoms with van der Waals surface area (Å²) in [6.07, 6.45) is 4.83. The molecule has 14 nitrogen and oxygen atoms in total. The molecule has 2 aliphatic heterocycles. The van der Waals surface area contributed by atoms with Crippen LogP contribution in [0.2, 0.25) is 10.0 Å². The number of carbonyl (C=O) groups excluding carboxylic acids is 1. The number of pyridine rings is 2. The Balaban J connectivity index is 0.927. The third-order valence-corrected chi connectivity index (χ3v) is 14.8. The Hall–Kier alpha value is -4.95. The molecule has 2 aromatic carbocycles. The van der Waals surface area contributed by atoms with Crippen LogP contribution in [-0.4, -0.2) is 90.0 Å². The second-order valence-corrected chi connectivity index (χ2v) is 19.1. The molecule has 3 fully saturated rings. The number of nitriles is 1. The van der Waals surface area contributed by atoms with Crippen LogP contribution in [0, 0.1) is 22.7 Å². The normalized spacial score (nSPS) is 20.5. The molecule has 1 saturated carbocycles. The number of hydrogen-bond donors (Lipinski definition) is 3. The van der Waals surface area contributed by atoms with Gasteiger partial charge < -0.3 is 28.5 Å². The number of rotatable bonds is 13. The van der Waals surface area contributed by atoms with Crippen molar-refractivity contribution < 1.29 is 32.2 Å². The van der Waals surface area contributed by atoms with E-state index in [4.69, 9.17) is 42.5 Å².